The third-order valence-electron chi connectivity index (χ3n) is 3.61. The molecule has 0 bridgehead atoms. The number of methoxy groups -OCH3 is 1. The van der Waals surface area contributed by atoms with E-state index < -0.39 is 0 Å². The molecule has 0 saturated carbocycles. The lowest BCUT2D eigenvalue weighted by Gasteiger charge is -2.32. The summed E-state index contributed by atoms with van der Waals surface area (Å²) in [6.45, 7) is 7.96. The molecule has 5 nitrogen and oxygen atoms in total. The Morgan fingerprint density at radius 2 is 1.90 bits per heavy atom. The quantitative estimate of drug-likeness (QED) is 0.733. The first-order valence-electron chi connectivity index (χ1n) is 7.30. The SMILES string of the molecule is COCCN1CCC(NC(=O)[C@@H](N)CC(C)C)CC1.Cl.Cl. The van der Waals surface area contributed by atoms with E-state index in [-0.39, 0.29) is 42.8 Å². The van der Waals surface area contributed by atoms with Gasteiger partial charge < -0.3 is 20.7 Å². The van der Waals surface area contributed by atoms with Gasteiger partial charge in [0.15, 0.2) is 0 Å². The minimum atomic E-state index is -0.369. The maximum Gasteiger partial charge on any atom is 0.237 e. The van der Waals surface area contributed by atoms with Crippen molar-refractivity contribution < 1.29 is 9.53 Å². The van der Waals surface area contributed by atoms with Gasteiger partial charge in [0, 0.05) is 32.8 Å². The van der Waals surface area contributed by atoms with Gasteiger partial charge >= 0.3 is 0 Å². The zero-order valence-electron chi connectivity index (χ0n) is 13.3. The summed E-state index contributed by atoms with van der Waals surface area (Å²) in [6.07, 6.45) is 2.76. The number of hydrogen-bond acceptors (Lipinski definition) is 4. The van der Waals surface area contributed by atoms with E-state index >= 15 is 0 Å². The van der Waals surface area contributed by atoms with Crippen LogP contribution in [0.15, 0.2) is 0 Å². The minimum Gasteiger partial charge on any atom is -0.383 e. The highest BCUT2D eigenvalue weighted by atomic mass is 35.5. The standard InChI is InChI=1S/C14H29N3O2.2ClH/c1-11(2)10-13(15)14(18)16-12-4-6-17(7-5-12)8-9-19-3;;/h11-13H,4-10,15H2,1-3H3,(H,16,18);2*1H/t13-;;/m0../s1. The summed E-state index contributed by atoms with van der Waals surface area (Å²) in [4.78, 5) is 14.3. The van der Waals surface area contributed by atoms with Crippen molar-refractivity contribution in [3.05, 3.63) is 0 Å². The zero-order valence-corrected chi connectivity index (χ0v) is 15.0. The Kier molecular flexibility index (Phi) is 13.8. The molecule has 1 saturated heterocycles. The third-order valence-corrected chi connectivity index (χ3v) is 3.61. The Balaban J connectivity index is 0. The van der Waals surface area contributed by atoms with E-state index in [4.69, 9.17) is 10.5 Å². The molecule has 128 valence electrons. The number of rotatable bonds is 7. The Morgan fingerprint density at radius 3 is 2.38 bits per heavy atom. The Bertz CT molecular complexity index is 273. The summed E-state index contributed by atoms with van der Waals surface area (Å²) in [5, 5.41) is 3.08. The highest BCUT2D eigenvalue weighted by molar-refractivity contribution is 5.85. The van der Waals surface area contributed by atoms with Crippen molar-refractivity contribution in [1.29, 1.82) is 0 Å². The topological polar surface area (TPSA) is 67.6 Å². The average Bonchev–Trinajstić information content (AvgIpc) is 2.37. The number of hydrogen-bond donors (Lipinski definition) is 2. The summed E-state index contributed by atoms with van der Waals surface area (Å²) < 4.78 is 5.08. The van der Waals surface area contributed by atoms with Gasteiger partial charge in [-0.25, -0.2) is 0 Å². The number of nitrogens with one attached hydrogen (secondary N) is 1. The first-order chi connectivity index (χ1) is 9.02. The Labute approximate surface area is 141 Å². The van der Waals surface area contributed by atoms with Crippen LogP contribution in [-0.4, -0.2) is 56.2 Å². The number of nitrogens with two attached hydrogens (primary N) is 1. The number of piperidine rings is 1. The number of halogens is 2. The van der Waals surface area contributed by atoms with Gasteiger partial charge in [-0.1, -0.05) is 13.8 Å². The number of carbonyl (C=O) groups excluding carboxylic acids is 1. The highest BCUT2D eigenvalue weighted by Crippen LogP contribution is 2.11. The molecular weight excluding hydrogens is 313 g/mol. The molecule has 1 aliphatic rings. The second-order valence-electron chi connectivity index (χ2n) is 5.85. The van der Waals surface area contributed by atoms with Crippen molar-refractivity contribution in [1.82, 2.24) is 10.2 Å². The number of ether oxygens (including phenoxy) is 1. The molecule has 0 aromatic heterocycles. The molecule has 0 aromatic carbocycles. The molecule has 0 radical (unpaired) electrons. The second kappa shape index (κ2) is 12.5. The summed E-state index contributed by atoms with van der Waals surface area (Å²) in [6, 6.07) is -0.0870. The van der Waals surface area contributed by atoms with Gasteiger partial charge in [0.05, 0.1) is 12.6 Å². The van der Waals surface area contributed by atoms with Crippen LogP contribution in [0, 0.1) is 5.92 Å². The maximum absolute atomic E-state index is 11.9. The maximum atomic E-state index is 11.9. The van der Waals surface area contributed by atoms with Gasteiger partial charge in [-0.2, -0.15) is 0 Å². The van der Waals surface area contributed by atoms with E-state index in [1.54, 1.807) is 7.11 Å². The number of nitrogens with zero attached hydrogens (tertiary/aromatic N) is 1. The van der Waals surface area contributed by atoms with E-state index in [0.717, 1.165) is 45.5 Å². The molecule has 1 aliphatic heterocycles. The first-order valence-corrected chi connectivity index (χ1v) is 7.30. The minimum absolute atomic E-state index is 0. The van der Waals surface area contributed by atoms with Crippen LogP contribution in [0.1, 0.15) is 33.1 Å². The van der Waals surface area contributed by atoms with E-state index in [1.165, 1.54) is 0 Å². The number of amides is 1. The molecule has 21 heavy (non-hydrogen) atoms. The monoisotopic (exact) mass is 343 g/mol. The molecule has 1 rings (SSSR count). The van der Waals surface area contributed by atoms with Crippen LogP contribution in [0.25, 0.3) is 0 Å². The van der Waals surface area contributed by atoms with Crippen molar-refractivity contribution in [3.8, 4) is 0 Å². The Morgan fingerprint density at radius 1 is 1.33 bits per heavy atom. The van der Waals surface area contributed by atoms with Crippen LogP contribution in [0.5, 0.6) is 0 Å². The van der Waals surface area contributed by atoms with Crippen molar-refractivity contribution in [3.63, 3.8) is 0 Å². The molecule has 0 unspecified atom stereocenters. The van der Waals surface area contributed by atoms with Crippen LogP contribution >= 0.6 is 24.8 Å². The smallest absolute Gasteiger partial charge is 0.237 e. The molecule has 1 heterocycles. The molecule has 0 aromatic rings. The summed E-state index contributed by atoms with van der Waals surface area (Å²) >= 11 is 0. The van der Waals surface area contributed by atoms with Gasteiger partial charge in [0.2, 0.25) is 5.91 Å². The van der Waals surface area contributed by atoms with Crippen molar-refractivity contribution in [2.24, 2.45) is 11.7 Å². The summed E-state index contributed by atoms with van der Waals surface area (Å²) in [5.74, 6) is 0.459. The molecule has 1 fully saturated rings. The molecule has 7 heteroatoms. The molecule has 0 aliphatic carbocycles. The number of carbonyl (C=O) groups is 1. The lowest BCUT2D eigenvalue weighted by molar-refractivity contribution is -0.123. The van der Waals surface area contributed by atoms with E-state index in [9.17, 15) is 4.79 Å². The average molecular weight is 344 g/mol. The van der Waals surface area contributed by atoms with E-state index in [2.05, 4.69) is 24.1 Å². The zero-order chi connectivity index (χ0) is 14.3. The fourth-order valence-corrected chi connectivity index (χ4v) is 2.44. The number of likely N-dealkylation sites (tertiary alicyclic amines) is 1. The van der Waals surface area contributed by atoms with Gasteiger partial charge in [-0.3, -0.25) is 4.79 Å². The molecule has 3 N–H and O–H groups in total. The van der Waals surface area contributed by atoms with E-state index in [0.29, 0.717) is 5.92 Å². The molecule has 1 atom stereocenters. The predicted molar refractivity (Wildman–Crippen MR) is 91.4 cm³/mol. The van der Waals surface area contributed by atoms with Crippen LogP contribution in [-0.2, 0) is 9.53 Å². The third kappa shape index (κ3) is 9.53. The lowest BCUT2D eigenvalue weighted by Crippen LogP contribution is -2.50. The van der Waals surface area contributed by atoms with Crippen molar-refractivity contribution in [2.45, 2.75) is 45.2 Å². The van der Waals surface area contributed by atoms with Crippen molar-refractivity contribution >= 4 is 30.7 Å². The normalized spacial score (nSPS) is 17.8. The predicted octanol–water partition coefficient (Wildman–Crippen LogP) is 1.43. The van der Waals surface area contributed by atoms with Crippen LogP contribution in [0.2, 0.25) is 0 Å². The largest absolute Gasteiger partial charge is 0.383 e. The summed E-state index contributed by atoms with van der Waals surface area (Å²) in [5.41, 5.74) is 5.89. The van der Waals surface area contributed by atoms with Crippen LogP contribution in [0.4, 0.5) is 0 Å². The fourth-order valence-electron chi connectivity index (χ4n) is 2.44. The highest BCUT2D eigenvalue weighted by Gasteiger charge is 2.23. The summed E-state index contributed by atoms with van der Waals surface area (Å²) in [7, 11) is 1.73. The van der Waals surface area contributed by atoms with Crippen molar-refractivity contribution in [2.75, 3.05) is 33.4 Å². The molecular formula is C14H31Cl2N3O2. The van der Waals surface area contributed by atoms with Crippen LogP contribution < -0.4 is 11.1 Å². The van der Waals surface area contributed by atoms with Crippen LogP contribution in [0.3, 0.4) is 0 Å². The molecule has 1 amide bonds. The van der Waals surface area contributed by atoms with Gasteiger partial charge in [-0.15, -0.1) is 24.8 Å². The first kappa shape index (κ1) is 23.2. The van der Waals surface area contributed by atoms with Gasteiger partial charge in [-0.05, 0) is 25.2 Å². The fraction of sp³-hybridized carbons (Fsp3) is 0.929. The second-order valence-corrected chi connectivity index (χ2v) is 5.85. The lowest BCUT2D eigenvalue weighted by atomic mass is 10.0. The van der Waals surface area contributed by atoms with Gasteiger partial charge in [0.25, 0.3) is 0 Å². The Hall–Kier alpha value is -0.0700. The van der Waals surface area contributed by atoms with E-state index in [1.807, 2.05) is 0 Å². The van der Waals surface area contributed by atoms with Gasteiger partial charge in [0.1, 0.15) is 0 Å². The molecule has 0 spiro atoms.